The first-order valence-corrected chi connectivity index (χ1v) is 6.64. The highest BCUT2D eigenvalue weighted by atomic mass is 79.9. The van der Waals surface area contributed by atoms with E-state index in [1.54, 1.807) is 7.11 Å². The average Bonchev–Trinajstić information content (AvgIpc) is 2.33. The van der Waals surface area contributed by atoms with Crippen molar-refractivity contribution in [2.45, 2.75) is 0 Å². The Balaban J connectivity index is 2.47. The molecule has 0 aromatic heterocycles. The number of benzene rings is 1. The molecular formula is C12H16BrNO3S. The zero-order valence-corrected chi connectivity index (χ0v) is 12.6. The SMILES string of the molecule is COCCOCCOc1cccc(Br)c1C(N)=S. The van der Waals surface area contributed by atoms with Crippen molar-refractivity contribution in [2.24, 2.45) is 5.73 Å². The minimum absolute atomic E-state index is 0.303. The Kier molecular flexibility index (Phi) is 7.19. The minimum Gasteiger partial charge on any atom is -0.490 e. The van der Waals surface area contributed by atoms with Gasteiger partial charge < -0.3 is 19.9 Å². The Morgan fingerprint density at radius 2 is 2.00 bits per heavy atom. The summed E-state index contributed by atoms with van der Waals surface area (Å²) in [4.78, 5) is 0.303. The molecule has 0 radical (unpaired) electrons. The largest absolute Gasteiger partial charge is 0.490 e. The fourth-order valence-electron chi connectivity index (χ4n) is 1.32. The summed E-state index contributed by atoms with van der Waals surface area (Å²) in [5.74, 6) is 0.659. The summed E-state index contributed by atoms with van der Waals surface area (Å²) in [6.07, 6.45) is 0. The third-order valence-corrected chi connectivity index (χ3v) is 3.00. The molecule has 2 N–H and O–H groups in total. The van der Waals surface area contributed by atoms with E-state index < -0.39 is 0 Å². The second-order valence-electron chi connectivity index (χ2n) is 3.43. The molecule has 1 aromatic carbocycles. The van der Waals surface area contributed by atoms with Crippen molar-refractivity contribution < 1.29 is 14.2 Å². The Bertz CT molecular complexity index is 401. The van der Waals surface area contributed by atoms with Crippen LogP contribution < -0.4 is 10.5 Å². The molecule has 4 nitrogen and oxygen atoms in total. The summed E-state index contributed by atoms with van der Waals surface area (Å²) in [6.45, 7) is 2.07. The van der Waals surface area contributed by atoms with E-state index in [4.69, 9.17) is 32.2 Å². The summed E-state index contributed by atoms with van der Waals surface area (Å²) in [7, 11) is 1.63. The Morgan fingerprint density at radius 3 is 2.67 bits per heavy atom. The Hall–Kier alpha value is -0.690. The number of methoxy groups -OCH3 is 1. The van der Waals surface area contributed by atoms with Crippen molar-refractivity contribution in [3.8, 4) is 5.75 Å². The quantitative estimate of drug-likeness (QED) is 0.583. The molecule has 0 aliphatic rings. The van der Waals surface area contributed by atoms with Crippen LogP contribution in [0.2, 0.25) is 0 Å². The molecule has 0 bridgehead atoms. The van der Waals surface area contributed by atoms with Gasteiger partial charge in [-0.15, -0.1) is 0 Å². The maximum Gasteiger partial charge on any atom is 0.130 e. The van der Waals surface area contributed by atoms with Crippen molar-refractivity contribution in [3.05, 3.63) is 28.2 Å². The van der Waals surface area contributed by atoms with Crippen LogP contribution in [0.25, 0.3) is 0 Å². The van der Waals surface area contributed by atoms with Crippen molar-refractivity contribution in [3.63, 3.8) is 0 Å². The molecule has 1 aromatic rings. The van der Waals surface area contributed by atoms with Crippen molar-refractivity contribution >= 4 is 33.1 Å². The van der Waals surface area contributed by atoms with Crippen LogP contribution >= 0.6 is 28.1 Å². The number of nitrogens with two attached hydrogens (primary N) is 1. The maximum absolute atomic E-state index is 5.66. The van der Waals surface area contributed by atoms with Crippen LogP contribution in [0.1, 0.15) is 5.56 Å². The van der Waals surface area contributed by atoms with Gasteiger partial charge in [-0.3, -0.25) is 0 Å². The predicted octanol–water partition coefficient (Wildman–Crippen LogP) is 2.13. The zero-order valence-electron chi connectivity index (χ0n) is 10.1. The van der Waals surface area contributed by atoms with Crippen molar-refractivity contribution in [2.75, 3.05) is 33.5 Å². The van der Waals surface area contributed by atoms with Gasteiger partial charge >= 0.3 is 0 Å². The molecule has 18 heavy (non-hydrogen) atoms. The highest BCUT2D eigenvalue weighted by molar-refractivity contribution is 9.10. The van der Waals surface area contributed by atoms with E-state index in [1.807, 2.05) is 18.2 Å². The average molecular weight is 334 g/mol. The topological polar surface area (TPSA) is 53.7 Å². The lowest BCUT2D eigenvalue weighted by molar-refractivity contribution is 0.0544. The minimum atomic E-state index is 0.303. The van der Waals surface area contributed by atoms with Crippen molar-refractivity contribution in [1.29, 1.82) is 0 Å². The Morgan fingerprint density at radius 1 is 1.28 bits per heavy atom. The number of hydrogen-bond donors (Lipinski definition) is 1. The van der Waals surface area contributed by atoms with Gasteiger partial charge in [0.1, 0.15) is 17.3 Å². The number of ether oxygens (including phenoxy) is 3. The summed E-state index contributed by atoms with van der Waals surface area (Å²) < 4.78 is 16.6. The van der Waals surface area contributed by atoms with E-state index in [0.29, 0.717) is 42.7 Å². The molecule has 0 unspecified atom stereocenters. The summed E-state index contributed by atoms with van der Waals surface area (Å²) >= 11 is 8.39. The molecule has 0 saturated heterocycles. The lowest BCUT2D eigenvalue weighted by Crippen LogP contribution is -2.15. The van der Waals surface area contributed by atoms with Crippen LogP contribution in [-0.2, 0) is 9.47 Å². The fraction of sp³-hybridized carbons (Fsp3) is 0.417. The number of halogens is 1. The first-order chi connectivity index (χ1) is 8.66. The summed E-state index contributed by atoms with van der Waals surface area (Å²) in [6, 6.07) is 5.57. The molecule has 0 saturated carbocycles. The van der Waals surface area contributed by atoms with Crippen LogP contribution in [0, 0.1) is 0 Å². The highest BCUT2D eigenvalue weighted by Gasteiger charge is 2.10. The van der Waals surface area contributed by atoms with Crippen molar-refractivity contribution in [1.82, 2.24) is 0 Å². The van der Waals surface area contributed by atoms with E-state index >= 15 is 0 Å². The molecule has 0 aliphatic heterocycles. The maximum atomic E-state index is 5.66. The lowest BCUT2D eigenvalue weighted by atomic mass is 10.2. The van der Waals surface area contributed by atoms with E-state index in [1.165, 1.54) is 0 Å². The van der Waals surface area contributed by atoms with Crippen LogP contribution in [0.4, 0.5) is 0 Å². The summed E-state index contributed by atoms with van der Waals surface area (Å²) in [5, 5.41) is 0. The lowest BCUT2D eigenvalue weighted by Gasteiger charge is -2.12. The molecule has 0 amide bonds. The molecule has 100 valence electrons. The van der Waals surface area contributed by atoms with Crippen LogP contribution in [0.5, 0.6) is 5.75 Å². The molecule has 0 fully saturated rings. The normalized spacial score (nSPS) is 10.3. The van der Waals surface area contributed by atoms with Crippen LogP contribution in [0.15, 0.2) is 22.7 Å². The zero-order chi connectivity index (χ0) is 13.4. The van der Waals surface area contributed by atoms with Gasteiger partial charge in [0, 0.05) is 11.6 Å². The smallest absolute Gasteiger partial charge is 0.130 e. The van der Waals surface area contributed by atoms with Crippen LogP contribution in [0.3, 0.4) is 0 Å². The first kappa shape index (κ1) is 15.4. The fourth-order valence-corrected chi connectivity index (χ4v) is 2.22. The van der Waals surface area contributed by atoms with Gasteiger partial charge in [0.15, 0.2) is 0 Å². The van der Waals surface area contributed by atoms with E-state index in [9.17, 15) is 0 Å². The van der Waals surface area contributed by atoms with Gasteiger partial charge in [0.2, 0.25) is 0 Å². The second-order valence-corrected chi connectivity index (χ2v) is 4.73. The molecule has 6 heteroatoms. The molecule has 0 aliphatic carbocycles. The highest BCUT2D eigenvalue weighted by Crippen LogP contribution is 2.26. The summed E-state index contributed by atoms with van der Waals surface area (Å²) in [5.41, 5.74) is 6.37. The number of thiocarbonyl (C=S) groups is 1. The molecule has 0 spiro atoms. The van der Waals surface area contributed by atoms with Gasteiger partial charge in [-0.2, -0.15) is 0 Å². The molecule has 0 atom stereocenters. The molecule has 1 rings (SSSR count). The monoisotopic (exact) mass is 333 g/mol. The van der Waals surface area contributed by atoms with Gasteiger partial charge in [-0.25, -0.2) is 0 Å². The van der Waals surface area contributed by atoms with Crippen LogP contribution in [-0.4, -0.2) is 38.5 Å². The van der Waals surface area contributed by atoms with Gasteiger partial charge in [0.05, 0.1) is 25.4 Å². The Labute approximate surface area is 121 Å². The molecule has 0 heterocycles. The third kappa shape index (κ3) is 4.89. The molecular weight excluding hydrogens is 318 g/mol. The second kappa shape index (κ2) is 8.42. The van der Waals surface area contributed by atoms with E-state index in [0.717, 1.165) is 4.47 Å². The first-order valence-electron chi connectivity index (χ1n) is 5.44. The number of hydrogen-bond acceptors (Lipinski definition) is 4. The third-order valence-electron chi connectivity index (χ3n) is 2.14. The predicted molar refractivity (Wildman–Crippen MR) is 78.2 cm³/mol. The van der Waals surface area contributed by atoms with Gasteiger partial charge in [0.25, 0.3) is 0 Å². The number of rotatable bonds is 8. The standard InChI is InChI=1S/C12H16BrNO3S/c1-15-5-6-16-7-8-17-10-4-2-3-9(13)11(10)12(14)18/h2-4H,5-8H2,1H3,(H2,14,18). The van der Waals surface area contributed by atoms with Gasteiger partial charge in [-0.05, 0) is 28.1 Å². The van der Waals surface area contributed by atoms with E-state index in [-0.39, 0.29) is 0 Å². The van der Waals surface area contributed by atoms with Gasteiger partial charge in [-0.1, -0.05) is 18.3 Å². The van der Waals surface area contributed by atoms with E-state index in [2.05, 4.69) is 15.9 Å².